The number of ether oxygens (including phenoxy) is 6. The number of likely N-dealkylation sites (N-methyl/N-ethyl adjacent to an activating group) is 1. The van der Waals surface area contributed by atoms with Crippen molar-refractivity contribution in [3.8, 4) is 17.2 Å². The zero-order chi connectivity index (χ0) is 73.7. The number of hydrogen-bond donors (Lipinski definition) is 2. The van der Waals surface area contributed by atoms with Gasteiger partial charge in [-0.05, 0) is 44.4 Å². The molecular weight excluding hydrogens is 1310 g/mol. The second-order valence-corrected chi connectivity index (χ2v) is 29.6. The highest BCUT2D eigenvalue weighted by atomic mass is 31.1. The molecule has 2 aromatic rings. The van der Waals surface area contributed by atoms with Crippen molar-refractivity contribution < 1.29 is 66.4 Å². The Hall–Kier alpha value is -4.97. The maximum Gasteiger partial charge on any atom is 0.694 e. The Morgan fingerprint density at radius 1 is 0.539 bits per heavy atom. The lowest BCUT2D eigenvalue weighted by molar-refractivity contribution is -0.153. The first kappa shape index (κ1) is 91.2. The van der Waals surface area contributed by atoms with Crippen LogP contribution in [0, 0.1) is 0 Å². The molecule has 102 heavy (non-hydrogen) atoms. The highest BCUT2D eigenvalue weighted by Crippen LogP contribution is 2.40. The van der Waals surface area contributed by atoms with Crippen molar-refractivity contribution >= 4 is 43.6 Å². The Labute approximate surface area is 617 Å². The monoisotopic (exact) mass is 1450 g/mol. The van der Waals surface area contributed by atoms with Gasteiger partial charge in [-0.3, -0.25) is 23.7 Å². The minimum atomic E-state index is -3.00. The summed E-state index contributed by atoms with van der Waals surface area (Å²) in [7, 11) is -1.34. The summed E-state index contributed by atoms with van der Waals surface area (Å²) < 4.78 is 54.0. The lowest BCUT2D eigenvalue weighted by Gasteiger charge is -2.21. The summed E-state index contributed by atoms with van der Waals surface area (Å²) in [5.74, 6) is -1.01. The third-order valence-corrected chi connectivity index (χ3v) is 19.9. The molecule has 584 valence electrons. The number of unbranched alkanes of at least 4 members (excludes halogenated alkanes) is 45. The van der Waals surface area contributed by atoms with Gasteiger partial charge in [0.05, 0.1) is 39.2 Å². The van der Waals surface area contributed by atoms with Crippen molar-refractivity contribution in [2.75, 3.05) is 51.9 Å². The number of hydrogen-bond acceptors (Lipinski definition) is 15. The predicted molar refractivity (Wildman–Crippen MR) is 410 cm³/mol. The Morgan fingerprint density at radius 3 is 1.30 bits per heavy atom. The molecule has 2 heterocycles. The molecule has 2 N–H and O–H groups in total. The molecule has 1 saturated heterocycles. The number of ketones is 1. The number of aromatic nitrogens is 2. The third kappa shape index (κ3) is 46.8. The summed E-state index contributed by atoms with van der Waals surface area (Å²) in [5.41, 5.74) is -0.444. The van der Waals surface area contributed by atoms with E-state index < -0.39 is 56.8 Å². The van der Waals surface area contributed by atoms with Gasteiger partial charge in [-0.2, -0.15) is 4.98 Å². The summed E-state index contributed by atoms with van der Waals surface area (Å²) >= 11 is 0. The van der Waals surface area contributed by atoms with Crippen LogP contribution in [0.5, 0.6) is 17.2 Å². The zero-order valence-electron chi connectivity index (χ0n) is 64.7. The fourth-order valence-corrected chi connectivity index (χ4v) is 13.4. The van der Waals surface area contributed by atoms with Gasteiger partial charge in [0.15, 0.2) is 11.5 Å². The summed E-state index contributed by atoms with van der Waals surface area (Å²) in [6.07, 6.45) is 59.1. The molecule has 1 aliphatic heterocycles. The lowest BCUT2D eigenvalue weighted by atomic mass is 10.0. The lowest BCUT2D eigenvalue weighted by Crippen LogP contribution is -2.31. The van der Waals surface area contributed by atoms with Crippen LogP contribution in [-0.2, 0) is 42.5 Å². The molecule has 1 aromatic carbocycles. The van der Waals surface area contributed by atoms with E-state index in [1.165, 1.54) is 281 Å². The van der Waals surface area contributed by atoms with E-state index in [0.29, 0.717) is 42.6 Å². The van der Waals surface area contributed by atoms with Crippen molar-refractivity contribution in [2.45, 2.75) is 386 Å². The zero-order valence-corrected chi connectivity index (χ0v) is 65.6. The molecule has 1 aromatic heterocycles. The predicted octanol–water partition coefficient (Wildman–Crippen LogP) is 21.4. The molecule has 2 amide bonds. The topological polar surface area (TPSA) is 237 Å². The Kier molecular flexibility index (Phi) is 55.7. The van der Waals surface area contributed by atoms with Gasteiger partial charge in [-0.25, -0.2) is 4.79 Å². The molecule has 19 nitrogen and oxygen atoms in total. The molecule has 0 aliphatic carbocycles. The van der Waals surface area contributed by atoms with E-state index in [2.05, 4.69) is 31.1 Å². The van der Waals surface area contributed by atoms with E-state index in [0.717, 1.165) is 55.9 Å². The molecule has 20 heteroatoms. The average molecular weight is 1460 g/mol. The largest absolute Gasteiger partial charge is 0.694 e. The Balaban J connectivity index is 1.62. The molecule has 3 rings (SSSR count). The Bertz CT molecular complexity index is 2510. The molecule has 1 fully saturated rings. The highest BCUT2D eigenvalue weighted by molar-refractivity contribution is 7.32. The van der Waals surface area contributed by atoms with Gasteiger partial charge in [0.1, 0.15) is 43.3 Å². The molecule has 1 aliphatic rings. The quantitative estimate of drug-likeness (QED) is 0.0356. The minimum absolute atomic E-state index is 0.0301. The number of amides is 2. The molecule has 4 atom stereocenters. The number of carbonyl (C=O) groups excluding carboxylic acids is 5. The second-order valence-electron chi connectivity index (χ2n) is 28.9. The van der Waals surface area contributed by atoms with E-state index in [9.17, 15) is 38.2 Å². The molecule has 0 saturated carbocycles. The first-order valence-corrected chi connectivity index (χ1v) is 42.4. The number of anilines is 1. The molecule has 0 radical (unpaired) electrons. The van der Waals surface area contributed by atoms with Crippen LogP contribution in [0.3, 0.4) is 0 Å². The molecule has 0 bridgehead atoms. The second kappa shape index (κ2) is 62.3. The average Bonchev–Trinajstić information content (AvgIpc) is 1.27. The fraction of sp³-hybridized carbons (Fsp3) is 0.817. The van der Waals surface area contributed by atoms with E-state index >= 15 is 0 Å². The van der Waals surface area contributed by atoms with Gasteiger partial charge in [-0.15, -0.1) is 9.42 Å². The van der Waals surface area contributed by atoms with Gasteiger partial charge in [0, 0.05) is 42.6 Å². The van der Waals surface area contributed by atoms with Gasteiger partial charge >= 0.3 is 25.9 Å². The van der Waals surface area contributed by atoms with Crippen molar-refractivity contribution in [2.24, 2.45) is 0 Å². The summed E-state index contributed by atoms with van der Waals surface area (Å²) in [5, 5.41) is 2.52. The third-order valence-electron chi connectivity index (χ3n) is 19.5. The van der Waals surface area contributed by atoms with Crippen LogP contribution in [0.2, 0.25) is 0 Å². The normalized spacial score (nSPS) is 14.4. The van der Waals surface area contributed by atoms with Crippen LogP contribution in [0.1, 0.15) is 385 Å². The number of esters is 2. The highest BCUT2D eigenvalue weighted by Gasteiger charge is 2.41. The maximum absolute atomic E-state index is 14.4. The minimum Gasteiger partial charge on any atom is -0.490 e. The number of nitrogens with one attached hydrogen (secondary N) is 1. The van der Waals surface area contributed by atoms with Crippen LogP contribution in [0.25, 0.3) is 0 Å². The number of rotatable bonds is 70. The van der Waals surface area contributed by atoms with Crippen molar-refractivity contribution in [1.82, 2.24) is 14.5 Å². The van der Waals surface area contributed by atoms with Crippen molar-refractivity contribution in [1.29, 1.82) is 0 Å². The van der Waals surface area contributed by atoms with E-state index in [1.807, 2.05) is 0 Å². The number of carbonyl (C=O) groups is 5. The fourth-order valence-electron chi connectivity index (χ4n) is 13.1. The maximum atomic E-state index is 14.4. The van der Waals surface area contributed by atoms with E-state index in [1.54, 1.807) is 19.2 Å². The standard InChI is InChI=1S/C82H141N4O15P/c1-6-9-12-15-18-21-24-27-30-33-36-39-42-45-48-51-61-95-72-65-70(81(91)85(5)60-64-97-78(89)57-55-76(88)83-75-58-59-86(82(92)84-75)77-67-71(74(100-77)68-99-102(93)94)101-79(90)56-54-69(4)87)66-73(96-62-52-49-46-43-40-37-34-31-28-25-22-19-16-13-10-7-2)80(72)98-63-53-50-47-44-41-38-35-32-29-26-23-20-17-14-11-8-3/h58-59,65-66,71,74,77H,6-57,60-64,67-68H2,1-5H3,(H-,83,84,88,92,93,94)/p+1/t71-,74-,77-/m1/s1. The van der Waals surface area contributed by atoms with Crippen LogP contribution in [-0.4, -0.2) is 108 Å². The smallest absolute Gasteiger partial charge is 0.490 e. The van der Waals surface area contributed by atoms with Gasteiger partial charge in [-0.1, -0.05) is 310 Å². The van der Waals surface area contributed by atoms with Gasteiger partial charge < -0.3 is 43.4 Å². The van der Waals surface area contributed by atoms with Crippen LogP contribution >= 0.6 is 8.25 Å². The number of benzene rings is 1. The number of nitrogens with zero attached hydrogens (tertiary/aromatic N) is 3. The van der Waals surface area contributed by atoms with E-state index in [-0.39, 0.29) is 62.8 Å². The molecular formula is C82H142N4O15P+. The van der Waals surface area contributed by atoms with Gasteiger partial charge in [0.25, 0.3) is 5.91 Å². The Morgan fingerprint density at radius 2 is 0.922 bits per heavy atom. The van der Waals surface area contributed by atoms with Crippen molar-refractivity contribution in [3.05, 3.63) is 40.4 Å². The summed E-state index contributed by atoms with van der Waals surface area (Å²) in [4.78, 5) is 92.1. The van der Waals surface area contributed by atoms with Crippen LogP contribution in [0.4, 0.5) is 5.82 Å². The van der Waals surface area contributed by atoms with Gasteiger partial charge in [0.2, 0.25) is 11.7 Å². The van der Waals surface area contributed by atoms with Crippen molar-refractivity contribution in [3.63, 3.8) is 0 Å². The first-order chi connectivity index (χ1) is 49.8. The van der Waals surface area contributed by atoms with Crippen LogP contribution in [0.15, 0.2) is 29.2 Å². The first-order valence-electron chi connectivity index (χ1n) is 41.3. The SMILES string of the molecule is CCCCCCCCCCCCCCCCCCOc1cc(C(=O)N(C)CCOC(=O)CCC(=O)Nc2ccn([C@H]3C[C@@H](OC(=O)CCC(C)=O)[C@@H](CO[P+](=O)O)O3)c(=O)n2)cc(OCCCCCCCCCCCCCCCCCC)c1OCCCCCCCCCCCCCCCCCC. The summed E-state index contributed by atoms with van der Waals surface area (Å²) in [6.45, 7) is 9.17. The molecule has 0 spiro atoms. The molecule has 1 unspecified atom stereocenters. The van der Waals surface area contributed by atoms with Crippen LogP contribution < -0.4 is 25.2 Å². The van der Waals surface area contributed by atoms with E-state index in [4.69, 9.17) is 32.9 Å². The summed E-state index contributed by atoms with van der Waals surface area (Å²) in [6, 6.07) is 4.89. The number of Topliss-reactive ketones (excluding diaryl/α,β-unsaturated/α-hetero) is 1.